The van der Waals surface area contributed by atoms with E-state index in [0.29, 0.717) is 30.2 Å². The lowest BCUT2D eigenvalue weighted by molar-refractivity contribution is 0.0693. The van der Waals surface area contributed by atoms with Gasteiger partial charge in [-0.15, -0.1) is 11.3 Å². The quantitative estimate of drug-likeness (QED) is 0.728. The molecule has 4 rings (SSSR count). The van der Waals surface area contributed by atoms with Crippen LogP contribution in [0, 0.1) is 18.7 Å². The number of likely N-dealkylation sites (tertiary alicyclic amines) is 1. The summed E-state index contributed by atoms with van der Waals surface area (Å²) in [5.41, 5.74) is 2.20. The number of carbonyl (C=O) groups excluding carboxylic acids is 1. The van der Waals surface area contributed by atoms with E-state index in [1.165, 1.54) is 22.0 Å². The molecule has 3 aromatic rings. The van der Waals surface area contributed by atoms with E-state index in [1.54, 1.807) is 23.7 Å². The van der Waals surface area contributed by atoms with Gasteiger partial charge >= 0.3 is 5.69 Å². The van der Waals surface area contributed by atoms with Crippen molar-refractivity contribution in [2.45, 2.75) is 26.2 Å². The zero-order valence-electron chi connectivity index (χ0n) is 15.4. The van der Waals surface area contributed by atoms with E-state index >= 15 is 0 Å². The van der Waals surface area contributed by atoms with E-state index in [-0.39, 0.29) is 17.5 Å². The van der Waals surface area contributed by atoms with Crippen LogP contribution in [0.2, 0.25) is 0 Å². The van der Waals surface area contributed by atoms with Crippen LogP contribution in [0.25, 0.3) is 5.69 Å². The molecule has 2 aromatic heterocycles. The minimum Gasteiger partial charge on any atom is -0.338 e. The van der Waals surface area contributed by atoms with Crippen LogP contribution in [0.1, 0.15) is 34.0 Å². The Kier molecular flexibility index (Phi) is 5.08. The second-order valence-corrected chi connectivity index (χ2v) is 7.79. The Labute approximate surface area is 164 Å². The molecular weight excluding hydrogens is 381 g/mol. The van der Waals surface area contributed by atoms with Gasteiger partial charge in [-0.25, -0.2) is 23.8 Å². The third-order valence-electron chi connectivity index (χ3n) is 5.15. The Morgan fingerprint density at radius 3 is 2.75 bits per heavy atom. The van der Waals surface area contributed by atoms with Crippen molar-refractivity contribution in [1.29, 1.82) is 0 Å². The first kappa shape index (κ1) is 18.5. The summed E-state index contributed by atoms with van der Waals surface area (Å²) in [6.07, 6.45) is 2.17. The average Bonchev–Trinajstić information content (AvgIpc) is 3.28. The smallest absolute Gasteiger partial charge is 0.338 e. The lowest BCUT2D eigenvalue weighted by atomic mass is 9.93. The van der Waals surface area contributed by atoms with Gasteiger partial charge in [-0.05, 0) is 37.8 Å². The van der Waals surface area contributed by atoms with Crippen molar-refractivity contribution in [3.63, 3.8) is 0 Å². The zero-order chi connectivity index (χ0) is 19.7. The molecule has 1 aliphatic heterocycles. The summed E-state index contributed by atoms with van der Waals surface area (Å²) in [6.45, 7) is 3.14. The molecule has 146 valence electrons. The molecule has 0 radical (unpaired) electrons. The number of carbonyl (C=O) groups is 1. The molecule has 1 aliphatic rings. The molecule has 7 nitrogen and oxygen atoms in total. The van der Waals surface area contributed by atoms with Crippen LogP contribution in [0.3, 0.4) is 0 Å². The Morgan fingerprint density at radius 2 is 2.07 bits per heavy atom. The van der Waals surface area contributed by atoms with Crippen LogP contribution in [-0.4, -0.2) is 43.6 Å². The molecular formula is C19H20FN5O2S. The fourth-order valence-electron chi connectivity index (χ4n) is 3.60. The van der Waals surface area contributed by atoms with Gasteiger partial charge < -0.3 is 4.90 Å². The van der Waals surface area contributed by atoms with Gasteiger partial charge in [-0.3, -0.25) is 4.79 Å². The monoisotopic (exact) mass is 401 g/mol. The summed E-state index contributed by atoms with van der Waals surface area (Å²) in [5.74, 6) is 0.347. The van der Waals surface area contributed by atoms with Crippen LogP contribution >= 0.6 is 11.3 Å². The molecule has 0 atom stereocenters. The van der Waals surface area contributed by atoms with Gasteiger partial charge in [0.2, 0.25) is 0 Å². The van der Waals surface area contributed by atoms with Crippen LogP contribution in [0.5, 0.6) is 0 Å². The molecule has 0 aliphatic carbocycles. The molecule has 1 aromatic carbocycles. The summed E-state index contributed by atoms with van der Waals surface area (Å²) in [7, 11) is 0. The summed E-state index contributed by atoms with van der Waals surface area (Å²) >= 11 is 1.37. The molecule has 0 spiro atoms. The lowest BCUT2D eigenvalue weighted by Gasteiger charge is -2.31. The number of thiazole rings is 1. The number of nitrogens with one attached hydrogen (secondary N) is 1. The van der Waals surface area contributed by atoms with Crippen LogP contribution in [0.4, 0.5) is 4.39 Å². The van der Waals surface area contributed by atoms with Crippen molar-refractivity contribution in [1.82, 2.24) is 24.6 Å². The fourth-order valence-corrected chi connectivity index (χ4v) is 4.37. The van der Waals surface area contributed by atoms with Gasteiger partial charge in [0.25, 0.3) is 5.91 Å². The molecule has 1 amide bonds. The number of hydrogen-bond acceptors (Lipinski definition) is 5. The SMILES string of the molecule is Cc1ncsc1C(=O)N1CCC(Cc2n[nH]c(=O)n2-c2ccccc2F)CC1. The lowest BCUT2D eigenvalue weighted by Crippen LogP contribution is -2.39. The van der Waals surface area contributed by atoms with E-state index in [0.717, 1.165) is 18.5 Å². The predicted molar refractivity (Wildman–Crippen MR) is 103 cm³/mol. The van der Waals surface area contributed by atoms with Crippen molar-refractivity contribution in [2.24, 2.45) is 5.92 Å². The maximum Gasteiger partial charge on any atom is 0.348 e. The van der Waals surface area contributed by atoms with E-state index < -0.39 is 11.5 Å². The van der Waals surface area contributed by atoms with Gasteiger partial charge in [0.15, 0.2) is 0 Å². The van der Waals surface area contributed by atoms with Crippen molar-refractivity contribution in [3.8, 4) is 5.69 Å². The molecule has 3 heterocycles. The maximum atomic E-state index is 14.1. The Morgan fingerprint density at radius 1 is 1.32 bits per heavy atom. The number of benzene rings is 1. The number of aromatic nitrogens is 4. The average molecular weight is 401 g/mol. The van der Waals surface area contributed by atoms with Gasteiger partial charge in [-0.2, -0.15) is 5.10 Å². The minimum absolute atomic E-state index is 0.0292. The molecule has 28 heavy (non-hydrogen) atoms. The highest BCUT2D eigenvalue weighted by Crippen LogP contribution is 2.24. The van der Waals surface area contributed by atoms with Gasteiger partial charge in [0.1, 0.15) is 16.5 Å². The number of aromatic amines is 1. The van der Waals surface area contributed by atoms with Gasteiger partial charge in [0, 0.05) is 19.5 Å². The molecule has 0 bridgehead atoms. The predicted octanol–water partition coefficient (Wildman–Crippen LogP) is 2.56. The molecule has 9 heteroatoms. The number of amides is 1. The van der Waals surface area contributed by atoms with Gasteiger partial charge in [-0.1, -0.05) is 12.1 Å². The highest BCUT2D eigenvalue weighted by atomic mass is 32.1. The van der Waals surface area contributed by atoms with Crippen molar-refractivity contribution in [3.05, 3.63) is 62.5 Å². The third-order valence-corrected chi connectivity index (χ3v) is 6.06. The van der Waals surface area contributed by atoms with E-state index in [1.807, 2.05) is 11.8 Å². The number of halogens is 1. The maximum absolute atomic E-state index is 14.1. The molecule has 1 N–H and O–H groups in total. The number of para-hydroxylation sites is 1. The van der Waals surface area contributed by atoms with E-state index in [2.05, 4.69) is 15.2 Å². The van der Waals surface area contributed by atoms with Crippen LogP contribution in [0.15, 0.2) is 34.6 Å². The first-order chi connectivity index (χ1) is 13.5. The third kappa shape index (κ3) is 3.49. The summed E-state index contributed by atoms with van der Waals surface area (Å²) in [4.78, 5) is 31.5. The number of H-pyrrole nitrogens is 1. The Bertz CT molecular complexity index is 1050. The normalized spacial score (nSPS) is 15.1. The molecule has 0 unspecified atom stereocenters. The van der Waals surface area contributed by atoms with Crippen LogP contribution < -0.4 is 5.69 Å². The highest BCUT2D eigenvalue weighted by molar-refractivity contribution is 7.11. The zero-order valence-corrected chi connectivity index (χ0v) is 16.2. The Hall–Kier alpha value is -2.81. The van der Waals surface area contributed by atoms with Crippen molar-refractivity contribution < 1.29 is 9.18 Å². The highest BCUT2D eigenvalue weighted by Gasteiger charge is 2.27. The minimum atomic E-state index is -0.465. The Balaban J connectivity index is 1.45. The summed E-state index contributed by atoms with van der Waals surface area (Å²) in [6, 6.07) is 6.16. The first-order valence-corrected chi connectivity index (χ1v) is 10.0. The van der Waals surface area contributed by atoms with Crippen LogP contribution in [-0.2, 0) is 6.42 Å². The molecule has 1 fully saturated rings. The van der Waals surface area contributed by atoms with E-state index in [9.17, 15) is 14.0 Å². The summed E-state index contributed by atoms with van der Waals surface area (Å²) < 4.78 is 15.4. The number of nitrogens with zero attached hydrogens (tertiary/aromatic N) is 4. The summed E-state index contributed by atoms with van der Waals surface area (Å²) in [5, 5.41) is 6.53. The molecule has 1 saturated heterocycles. The number of rotatable bonds is 4. The van der Waals surface area contributed by atoms with E-state index in [4.69, 9.17) is 0 Å². The molecule has 0 saturated carbocycles. The first-order valence-electron chi connectivity index (χ1n) is 9.15. The topological polar surface area (TPSA) is 83.9 Å². The number of piperidine rings is 1. The van der Waals surface area contributed by atoms with Gasteiger partial charge in [0.05, 0.1) is 16.9 Å². The largest absolute Gasteiger partial charge is 0.348 e. The van der Waals surface area contributed by atoms with Crippen molar-refractivity contribution >= 4 is 17.2 Å². The number of hydrogen-bond donors (Lipinski definition) is 1. The van der Waals surface area contributed by atoms with Crippen molar-refractivity contribution in [2.75, 3.05) is 13.1 Å². The number of aryl methyl sites for hydroxylation is 1. The second kappa shape index (κ2) is 7.67. The standard InChI is InChI=1S/C19H20FN5O2S/c1-12-17(28-11-21-12)18(26)24-8-6-13(7-9-24)10-16-22-23-19(27)25(16)15-5-3-2-4-14(15)20/h2-5,11,13H,6-10H2,1H3,(H,23,27). The fraction of sp³-hybridized carbons (Fsp3) is 0.368. The second-order valence-electron chi connectivity index (χ2n) is 6.94.